The zero-order chi connectivity index (χ0) is 29.9. The summed E-state index contributed by atoms with van der Waals surface area (Å²) in [4.78, 5) is 12.0. The Morgan fingerprint density at radius 2 is 0.951 bits per heavy atom. The molecule has 41 heavy (non-hydrogen) atoms. The molecular formula is C37H72O4. The summed E-state index contributed by atoms with van der Waals surface area (Å²) in [5.41, 5.74) is 0. The van der Waals surface area contributed by atoms with E-state index >= 15 is 0 Å². The Balaban J connectivity index is 3.42. The van der Waals surface area contributed by atoms with E-state index in [2.05, 4.69) is 26.0 Å². The molecular weight excluding hydrogens is 508 g/mol. The van der Waals surface area contributed by atoms with Crippen LogP contribution in [-0.2, 0) is 14.3 Å². The van der Waals surface area contributed by atoms with Crippen molar-refractivity contribution >= 4 is 5.97 Å². The SMILES string of the molecule is CCCCCCCC/C=C\CCCCCCCC(=O)OC[C@H](CO)OCCCCCCCCCCCCCCCC. The maximum Gasteiger partial charge on any atom is 0.305 e. The lowest BCUT2D eigenvalue weighted by atomic mass is 10.0. The van der Waals surface area contributed by atoms with Crippen LogP contribution in [0.15, 0.2) is 12.2 Å². The minimum absolute atomic E-state index is 0.0979. The van der Waals surface area contributed by atoms with Gasteiger partial charge in [-0.15, -0.1) is 0 Å². The van der Waals surface area contributed by atoms with Crippen LogP contribution in [0.25, 0.3) is 0 Å². The highest BCUT2D eigenvalue weighted by atomic mass is 16.6. The lowest BCUT2D eigenvalue weighted by molar-refractivity contribution is -0.149. The van der Waals surface area contributed by atoms with Gasteiger partial charge >= 0.3 is 5.97 Å². The van der Waals surface area contributed by atoms with E-state index in [-0.39, 0.29) is 19.2 Å². The van der Waals surface area contributed by atoms with Crippen LogP contribution in [0.3, 0.4) is 0 Å². The summed E-state index contributed by atoms with van der Waals surface area (Å²) in [7, 11) is 0. The molecule has 0 saturated carbocycles. The van der Waals surface area contributed by atoms with Crippen LogP contribution in [0.1, 0.15) is 194 Å². The summed E-state index contributed by atoms with van der Waals surface area (Å²) in [6.07, 6.45) is 39.7. The largest absolute Gasteiger partial charge is 0.463 e. The molecule has 4 heteroatoms. The first kappa shape index (κ1) is 40.1. The Morgan fingerprint density at radius 3 is 1.39 bits per heavy atom. The first-order valence-corrected chi connectivity index (χ1v) is 18.3. The highest BCUT2D eigenvalue weighted by Crippen LogP contribution is 2.14. The molecule has 0 aromatic rings. The number of hydrogen-bond acceptors (Lipinski definition) is 4. The van der Waals surface area contributed by atoms with Gasteiger partial charge in [0, 0.05) is 13.0 Å². The molecule has 0 amide bonds. The van der Waals surface area contributed by atoms with Crippen LogP contribution in [0.2, 0.25) is 0 Å². The van der Waals surface area contributed by atoms with Gasteiger partial charge in [0.05, 0.1) is 6.61 Å². The molecule has 0 fully saturated rings. The molecule has 4 nitrogen and oxygen atoms in total. The van der Waals surface area contributed by atoms with Crippen molar-refractivity contribution in [2.24, 2.45) is 0 Å². The molecule has 0 radical (unpaired) electrons. The molecule has 0 rings (SSSR count). The van der Waals surface area contributed by atoms with E-state index < -0.39 is 6.10 Å². The summed E-state index contributed by atoms with van der Waals surface area (Å²) >= 11 is 0. The Hall–Kier alpha value is -0.870. The van der Waals surface area contributed by atoms with Gasteiger partial charge in [0.2, 0.25) is 0 Å². The minimum atomic E-state index is -0.393. The lowest BCUT2D eigenvalue weighted by Gasteiger charge is -2.15. The fraction of sp³-hybridized carbons (Fsp3) is 0.919. The molecule has 0 aliphatic carbocycles. The normalized spacial score (nSPS) is 12.4. The van der Waals surface area contributed by atoms with Crippen LogP contribution in [0.4, 0.5) is 0 Å². The molecule has 0 heterocycles. The van der Waals surface area contributed by atoms with Gasteiger partial charge in [0.25, 0.3) is 0 Å². The fourth-order valence-electron chi connectivity index (χ4n) is 5.30. The predicted octanol–water partition coefficient (Wildman–Crippen LogP) is 11.4. The van der Waals surface area contributed by atoms with E-state index in [0.29, 0.717) is 13.0 Å². The second-order valence-corrected chi connectivity index (χ2v) is 12.3. The fourth-order valence-corrected chi connectivity index (χ4v) is 5.30. The van der Waals surface area contributed by atoms with Crippen molar-refractivity contribution in [1.82, 2.24) is 0 Å². The van der Waals surface area contributed by atoms with E-state index in [9.17, 15) is 9.90 Å². The summed E-state index contributed by atoms with van der Waals surface area (Å²) < 4.78 is 11.1. The van der Waals surface area contributed by atoms with Crippen molar-refractivity contribution < 1.29 is 19.4 Å². The van der Waals surface area contributed by atoms with Crippen molar-refractivity contribution in [2.75, 3.05) is 19.8 Å². The smallest absolute Gasteiger partial charge is 0.305 e. The molecule has 0 spiro atoms. The van der Waals surface area contributed by atoms with Gasteiger partial charge in [0.15, 0.2) is 0 Å². The first-order chi connectivity index (χ1) is 20.2. The molecule has 0 saturated heterocycles. The number of aliphatic hydroxyl groups is 1. The monoisotopic (exact) mass is 581 g/mol. The van der Waals surface area contributed by atoms with Crippen LogP contribution in [0, 0.1) is 0 Å². The summed E-state index contributed by atoms with van der Waals surface area (Å²) in [5, 5.41) is 9.55. The van der Waals surface area contributed by atoms with Crippen molar-refractivity contribution in [2.45, 2.75) is 200 Å². The van der Waals surface area contributed by atoms with Gasteiger partial charge in [-0.2, -0.15) is 0 Å². The van der Waals surface area contributed by atoms with Gasteiger partial charge in [-0.05, 0) is 38.5 Å². The van der Waals surface area contributed by atoms with E-state index in [1.165, 1.54) is 154 Å². The summed E-state index contributed by atoms with van der Waals surface area (Å²) in [6.45, 7) is 5.25. The number of carbonyl (C=O) groups is 1. The minimum Gasteiger partial charge on any atom is -0.463 e. The molecule has 0 aliphatic rings. The second-order valence-electron chi connectivity index (χ2n) is 12.3. The molecule has 0 bridgehead atoms. The van der Waals surface area contributed by atoms with Crippen LogP contribution in [-0.4, -0.2) is 37.0 Å². The molecule has 1 atom stereocenters. The average molecular weight is 581 g/mol. The van der Waals surface area contributed by atoms with E-state index in [1.54, 1.807) is 0 Å². The Labute approximate surface area is 256 Å². The van der Waals surface area contributed by atoms with Crippen molar-refractivity contribution in [3.8, 4) is 0 Å². The standard InChI is InChI=1S/C37H72O4/c1-3-5-7-9-11-13-15-17-19-20-22-24-26-28-30-32-37(39)41-35-36(34-38)40-33-31-29-27-25-23-21-18-16-14-12-10-8-6-4-2/h17,19,36,38H,3-16,18,20-35H2,1-2H3/b19-17-/t36-/m0/s1. The summed E-state index contributed by atoms with van der Waals surface area (Å²) in [5.74, 6) is -0.166. The number of allylic oxidation sites excluding steroid dienone is 2. The number of rotatable bonds is 34. The van der Waals surface area contributed by atoms with Gasteiger partial charge < -0.3 is 14.6 Å². The maximum atomic E-state index is 12.0. The third-order valence-electron chi connectivity index (χ3n) is 8.13. The number of ether oxygens (including phenoxy) is 2. The highest BCUT2D eigenvalue weighted by Gasteiger charge is 2.11. The molecule has 244 valence electrons. The van der Waals surface area contributed by atoms with E-state index in [4.69, 9.17) is 9.47 Å². The average Bonchev–Trinajstić information content (AvgIpc) is 2.98. The molecule has 0 aromatic heterocycles. The Bertz CT molecular complexity index is 533. The third kappa shape index (κ3) is 33.5. The van der Waals surface area contributed by atoms with E-state index in [0.717, 1.165) is 19.3 Å². The van der Waals surface area contributed by atoms with Crippen molar-refractivity contribution in [3.63, 3.8) is 0 Å². The number of esters is 1. The third-order valence-corrected chi connectivity index (χ3v) is 8.13. The topological polar surface area (TPSA) is 55.8 Å². The summed E-state index contributed by atoms with van der Waals surface area (Å²) in [6, 6.07) is 0. The van der Waals surface area contributed by atoms with Crippen LogP contribution >= 0.6 is 0 Å². The first-order valence-electron chi connectivity index (χ1n) is 18.3. The van der Waals surface area contributed by atoms with Crippen LogP contribution < -0.4 is 0 Å². The number of carbonyl (C=O) groups excluding carboxylic acids is 1. The maximum absolute atomic E-state index is 12.0. The Morgan fingerprint density at radius 1 is 0.561 bits per heavy atom. The molecule has 0 unspecified atom stereocenters. The zero-order valence-corrected chi connectivity index (χ0v) is 27.8. The van der Waals surface area contributed by atoms with Crippen LogP contribution in [0.5, 0.6) is 0 Å². The molecule has 0 aliphatic heterocycles. The number of unbranched alkanes of at least 4 members (excludes halogenated alkanes) is 24. The zero-order valence-electron chi connectivity index (χ0n) is 27.8. The van der Waals surface area contributed by atoms with Gasteiger partial charge in [-0.25, -0.2) is 0 Å². The quantitative estimate of drug-likeness (QED) is 0.0467. The number of hydrogen-bond donors (Lipinski definition) is 1. The molecule has 1 N–H and O–H groups in total. The van der Waals surface area contributed by atoms with E-state index in [1.807, 2.05) is 0 Å². The lowest BCUT2D eigenvalue weighted by Crippen LogP contribution is -2.26. The highest BCUT2D eigenvalue weighted by molar-refractivity contribution is 5.69. The van der Waals surface area contributed by atoms with Crippen molar-refractivity contribution in [1.29, 1.82) is 0 Å². The van der Waals surface area contributed by atoms with Gasteiger partial charge in [-0.1, -0.05) is 161 Å². The number of aliphatic hydroxyl groups excluding tert-OH is 1. The van der Waals surface area contributed by atoms with Crippen molar-refractivity contribution in [3.05, 3.63) is 12.2 Å². The predicted molar refractivity (Wildman–Crippen MR) is 178 cm³/mol. The second kappa shape index (κ2) is 35.3. The van der Waals surface area contributed by atoms with Gasteiger partial charge in [-0.3, -0.25) is 4.79 Å². The van der Waals surface area contributed by atoms with Gasteiger partial charge in [0.1, 0.15) is 12.7 Å². The Kier molecular flexibility index (Phi) is 34.6. The molecule has 0 aromatic carbocycles.